The van der Waals surface area contributed by atoms with Crippen molar-refractivity contribution in [1.29, 1.82) is 0 Å². The van der Waals surface area contributed by atoms with Crippen LogP contribution in [0, 0.1) is 0 Å². The van der Waals surface area contributed by atoms with Gasteiger partial charge in [0.25, 0.3) is 0 Å². The SMILES string of the molecule is CCC(C)N(C)CCNC(=NC)NCC(C)c1ccsc1.I. The smallest absolute Gasteiger partial charge is 0.191 e. The van der Waals surface area contributed by atoms with Crippen molar-refractivity contribution in [2.24, 2.45) is 4.99 Å². The maximum Gasteiger partial charge on any atom is 0.191 e. The molecule has 2 atom stereocenters. The van der Waals surface area contributed by atoms with Crippen molar-refractivity contribution in [2.75, 3.05) is 33.7 Å². The molecule has 0 fully saturated rings. The number of nitrogens with one attached hydrogen (secondary N) is 2. The predicted molar refractivity (Wildman–Crippen MR) is 110 cm³/mol. The lowest BCUT2D eigenvalue weighted by Gasteiger charge is -2.24. The summed E-state index contributed by atoms with van der Waals surface area (Å²) in [7, 11) is 3.99. The lowest BCUT2D eigenvalue weighted by molar-refractivity contribution is 0.255. The molecular formula is C16H31IN4S. The zero-order valence-electron chi connectivity index (χ0n) is 14.4. The van der Waals surface area contributed by atoms with E-state index in [1.165, 1.54) is 12.0 Å². The van der Waals surface area contributed by atoms with Crippen molar-refractivity contribution in [1.82, 2.24) is 15.5 Å². The molecule has 2 unspecified atom stereocenters. The van der Waals surface area contributed by atoms with E-state index in [2.05, 4.69) is 65.2 Å². The Morgan fingerprint density at radius 3 is 2.64 bits per heavy atom. The molecule has 2 N–H and O–H groups in total. The highest BCUT2D eigenvalue weighted by molar-refractivity contribution is 14.0. The number of nitrogens with zero attached hydrogens (tertiary/aromatic N) is 2. The minimum Gasteiger partial charge on any atom is -0.356 e. The van der Waals surface area contributed by atoms with E-state index in [1.54, 1.807) is 11.3 Å². The minimum absolute atomic E-state index is 0. The van der Waals surface area contributed by atoms with Crippen molar-refractivity contribution in [3.05, 3.63) is 22.4 Å². The molecule has 1 heterocycles. The number of thiophene rings is 1. The average molecular weight is 438 g/mol. The van der Waals surface area contributed by atoms with Crippen LogP contribution in [-0.2, 0) is 0 Å². The van der Waals surface area contributed by atoms with Gasteiger partial charge in [-0.15, -0.1) is 24.0 Å². The summed E-state index contributed by atoms with van der Waals surface area (Å²) in [6, 6.07) is 2.81. The van der Waals surface area contributed by atoms with Gasteiger partial charge in [-0.05, 0) is 48.7 Å². The summed E-state index contributed by atoms with van der Waals surface area (Å²) in [4.78, 5) is 6.65. The highest BCUT2D eigenvalue weighted by atomic mass is 127. The Kier molecular flexibility index (Phi) is 11.9. The van der Waals surface area contributed by atoms with E-state index in [1.807, 2.05) is 7.05 Å². The Bertz CT molecular complexity index is 408. The molecule has 0 aliphatic heterocycles. The Hall–Kier alpha value is -0.340. The third kappa shape index (κ3) is 7.78. The number of rotatable bonds is 8. The molecular weight excluding hydrogens is 407 g/mol. The van der Waals surface area contributed by atoms with Crippen LogP contribution >= 0.6 is 35.3 Å². The van der Waals surface area contributed by atoms with Crippen LogP contribution in [0.2, 0.25) is 0 Å². The molecule has 22 heavy (non-hydrogen) atoms. The molecule has 1 rings (SSSR count). The molecule has 4 nitrogen and oxygen atoms in total. The molecule has 0 spiro atoms. The topological polar surface area (TPSA) is 39.7 Å². The predicted octanol–water partition coefficient (Wildman–Crippen LogP) is 3.36. The van der Waals surface area contributed by atoms with Gasteiger partial charge in [-0.1, -0.05) is 13.8 Å². The van der Waals surface area contributed by atoms with E-state index in [4.69, 9.17) is 0 Å². The number of hydrogen-bond acceptors (Lipinski definition) is 3. The van der Waals surface area contributed by atoms with Gasteiger partial charge in [0.15, 0.2) is 5.96 Å². The monoisotopic (exact) mass is 438 g/mol. The summed E-state index contributed by atoms with van der Waals surface area (Å²) in [5, 5.41) is 11.1. The second-order valence-corrected chi connectivity index (χ2v) is 6.36. The fraction of sp³-hybridized carbons (Fsp3) is 0.688. The molecule has 0 saturated carbocycles. The maximum atomic E-state index is 4.28. The van der Waals surface area contributed by atoms with Crippen molar-refractivity contribution in [2.45, 2.75) is 39.2 Å². The van der Waals surface area contributed by atoms with Crippen molar-refractivity contribution in [3.8, 4) is 0 Å². The minimum atomic E-state index is 0. The van der Waals surface area contributed by atoms with E-state index >= 15 is 0 Å². The van der Waals surface area contributed by atoms with Crippen LogP contribution in [0.15, 0.2) is 21.8 Å². The molecule has 1 aromatic rings. The Morgan fingerprint density at radius 1 is 1.36 bits per heavy atom. The summed E-state index contributed by atoms with van der Waals surface area (Å²) >= 11 is 1.75. The first-order valence-electron chi connectivity index (χ1n) is 7.75. The van der Waals surface area contributed by atoms with Gasteiger partial charge in [-0.25, -0.2) is 0 Å². The third-order valence-corrected chi connectivity index (χ3v) is 4.71. The van der Waals surface area contributed by atoms with Gasteiger partial charge in [-0.3, -0.25) is 4.99 Å². The van der Waals surface area contributed by atoms with Gasteiger partial charge in [0.1, 0.15) is 0 Å². The van der Waals surface area contributed by atoms with Crippen LogP contribution in [0.25, 0.3) is 0 Å². The van der Waals surface area contributed by atoms with Crippen LogP contribution in [0.4, 0.5) is 0 Å². The Balaban J connectivity index is 0.00000441. The third-order valence-electron chi connectivity index (χ3n) is 4.01. The highest BCUT2D eigenvalue weighted by Gasteiger charge is 2.08. The van der Waals surface area contributed by atoms with E-state index in [-0.39, 0.29) is 24.0 Å². The maximum absolute atomic E-state index is 4.28. The summed E-state index contributed by atoms with van der Waals surface area (Å²) in [6.45, 7) is 9.55. The van der Waals surface area contributed by atoms with Crippen LogP contribution in [-0.4, -0.2) is 50.6 Å². The fourth-order valence-electron chi connectivity index (χ4n) is 2.03. The van der Waals surface area contributed by atoms with Gasteiger partial charge >= 0.3 is 0 Å². The zero-order chi connectivity index (χ0) is 15.7. The molecule has 0 aromatic carbocycles. The van der Waals surface area contributed by atoms with Gasteiger partial charge in [-0.2, -0.15) is 11.3 Å². The largest absolute Gasteiger partial charge is 0.356 e. The zero-order valence-corrected chi connectivity index (χ0v) is 17.6. The number of halogens is 1. The van der Waals surface area contributed by atoms with Crippen LogP contribution in [0.3, 0.4) is 0 Å². The molecule has 1 aromatic heterocycles. The lowest BCUT2D eigenvalue weighted by atomic mass is 10.1. The summed E-state index contributed by atoms with van der Waals surface area (Å²) in [5.41, 5.74) is 1.39. The number of aliphatic imine (C=N–C) groups is 1. The average Bonchev–Trinajstić information content (AvgIpc) is 3.03. The van der Waals surface area contributed by atoms with E-state index in [0.717, 1.165) is 25.6 Å². The van der Waals surface area contributed by atoms with E-state index in [9.17, 15) is 0 Å². The molecule has 0 saturated heterocycles. The second kappa shape index (κ2) is 12.1. The van der Waals surface area contributed by atoms with Crippen molar-refractivity contribution < 1.29 is 0 Å². The first-order valence-corrected chi connectivity index (χ1v) is 8.69. The van der Waals surface area contributed by atoms with Gasteiger partial charge in [0, 0.05) is 32.7 Å². The summed E-state index contributed by atoms with van der Waals surface area (Å²) in [6.07, 6.45) is 1.18. The molecule has 0 aliphatic rings. The van der Waals surface area contributed by atoms with Gasteiger partial charge < -0.3 is 15.5 Å². The Morgan fingerprint density at radius 2 is 2.09 bits per heavy atom. The van der Waals surface area contributed by atoms with Crippen LogP contribution in [0.5, 0.6) is 0 Å². The fourth-order valence-corrected chi connectivity index (χ4v) is 2.81. The van der Waals surface area contributed by atoms with Gasteiger partial charge in [0.05, 0.1) is 0 Å². The molecule has 6 heteroatoms. The molecule has 0 bridgehead atoms. The van der Waals surface area contributed by atoms with Crippen LogP contribution < -0.4 is 10.6 Å². The van der Waals surface area contributed by atoms with Gasteiger partial charge in [0.2, 0.25) is 0 Å². The molecule has 0 amide bonds. The van der Waals surface area contributed by atoms with Crippen molar-refractivity contribution >= 4 is 41.3 Å². The highest BCUT2D eigenvalue weighted by Crippen LogP contribution is 2.16. The quantitative estimate of drug-likeness (QED) is 0.372. The van der Waals surface area contributed by atoms with E-state index < -0.39 is 0 Å². The lowest BCUT2D eigenvalue weighted by Crippen LogP contribution is -2.43. The number of guanidine groups is 1. The van der Waals surface area contributed by atoms with Crippen molar-refractivity contribution in [3.63, 3.8) is 0 Å². The standard InChI is InChI=1S/C16H30N4S.HI/c1-6-14(3)20(5)9-8-18-16(17-4)19-11-13(2)15-7-10-21-12-15;/h7,10,12-14H,6,8-9,11H2,1-5H3,(H2,17,18,19);1H. The molecule has 128 valence electrons. The first-order chi connectivity index (χ1) is 10.1. The summed E-state index contributed by atoms with van der Waals surface area (Å²) < 4.78 is 0. The first kappa shape index (κ1) is 21.7. The Labute approximate surface area is 156 Å². The number of likely N-dealkylation sites (N-methyl/N-ethyl adjacent to an activating group) is 1. The van der Waals surface area contributed by atoms with E-state index in [0.29, 0.717) is 12.0 Å². The normalized spacial score (nSPS) is 14.4. The second-order valence-electron chi connectivity index (χ2n) is 5.58. The molecule has 0 radical (unpaired) electrons. The molecule has 0 aliphatic carbocycles. The number of hydrogen-bond donors (Lipinski definition) is 2. The summed E-state index contributed by atoms with van der Waals surface area (Å²) in [5.74, 6) is 1.38. The van der Waals surface area contributed by atoms with Crippen LogP contribution in [0.1, 0.15) is 38.7 Å².